The van der Waals surface area contributed by atoms with Crippen LogP contribution in [0, 0.1) is 0 Å². The number of aromatic nitrogens is 1. The SMILES string of the molecule is Brc1ccccc1CC1=NCCc2c1[nH]c1ccccc21. The van der Waals surface area contributed by atoms with Gasteiger partial charge in [0, 0.05) is 28.3 Å². The van der Waals surface area contributed by atoms with Crippen molar-refractivity contribution < 1.29 is 0 Å². The largest absolute Gasteiger partial charge is 0.353 e. The number of aromatic amines is 1. The van der Waals surface area contributed by atoms with Gasteiger partial charge in [-0.2, -0.15) is 0 Å². The van der Waals surface area contributed by atoms with Crippen molar-refractivity contribution >= 4 is 32.5 Å². The van der Waals surface area contributed by atoms with Gasteiger partial charge in [0.15, 0.2) is 0 Å². The van der Waals surface area contributed by atoms with Gasteiger partial charge in [-0.05, 0) is 29.7 Å². The van der Waals surface area contributed by atoms with Crippen molar-refractivity contribution in [2.75, 3.05) is 6.54 Å². The molecule has 0 saturated heterocycles. The Morgan fingerprint density at radius 1 is 1.05 bits per heavy atom. The maximum absolute atomic E-state index is 4.77. The summed E-state index contributed by atoms with van der Waals surface area (Å²) >= 11 is 3.63. The van der Waals surface area contributed by atoms with Crippen LogP contribution >= 0.6 is 15.9 Å². The molecule has 21 heavy (non-hydrogen) atoms. The minimum absolute atomic E-state index is 0.862. The fourth-order valence-corrected chi connectivity index (χ4v) is 3.48. The highest BCUT2D eigenvalue weighted by Crippen LogP contribution is 2.28. The van der Waals surface area contributed by atoms with Gasteiger partial charge in [0.05, 0.1) is 11.4 Å². The summed E-state index contributed by atoms with van der Waals surface area (Å²) in [6.45, 7) is 0.884. The van der Waals surface area contributed by atoms with E-state index in [0.717, 1.165) is 23.9 Å². The van der Waals surface area contributed by atoms with Crippen LogP contribution in [0.1, 0.15) is 16.8 Å². The van der Waals surface area contributed by atoms with Crippen LogP contribution in [0.3, 0.4) is 0 Å². The lowest BCUT2D eigenvalue weighted by atomic mass is 9.98. The van der Waals surface area contributed by atoms with Crippen molar-refractivity contribution in [3.8, 4) is 0 Å². The lowest BCUT2D eigenvalue weighted by molar-refractivity contribution is 0.937. The van der Waals surface area contributed by atoms with Crippen LogP contribution in [-0.4, -0.2) is 17.2 Å². The molecule has 3 aromatic rings. The number of halogens is 1. The van der Waals surface area contributed by atoms with Gasteiger partial charge in [0.25, 0.3) is 0 Å². The summed E-state index contributed by atoms with van der Waals surface area (Å²) in [7, 11) is 0. The second-order valence-electron chi connectivity index (χ2n) is 5.37. The first-order valence-corrected chi connectivity index (χ1v) is 7.99. The monoisotopic (exact) mass is 338 g/mol. The fourth-order valence-electron chi connectivity index (χ4n) is 3.05. The number of fused-ring (bicyclic) bond motifs is 3. The number of hydrogen-bond acceptors (Lipinski definition) is 1. The van der Waals surface area contributed by atoms with Crippen LogP contribution in [0.4, 0.5) is 0 Å². The van der Waals surface area contributed by atoms with Gasteiger partial charge in [0.1, 0.15) is 0 Å². The molecule has 0 fully saturated rings. The lowest BCUT2D eigenvalue weighted by Crippen LogP contribution is -2.15. The fraction of sp³-hybridized carbons (Fsp3) is 0.167. The van der Waals surface area contributed by atoms with Crippen molar-refractivity contribution in [3.63, 3.8) is 0 Å². The lowest BCUT2D eigenvalue weighted by Gasteiger charge is -2.14. The predicted octanol–water partition coefficient (Wildman–Crippen LogP) is 4.52. The zero-order valence-corrected chi connectivity index (χ0v) is 13.2. The van der Waals surface area contributed by atoms with Crippen LogP contribution in [0.2, 0.25) is 0 Å². The molecular formula is C18H15BrN2. The highest BCUT2D eigenvalue weighted by molar-refractivity contribution is 9.10. The summed E-state index contributed by atoms with van der Waals surface area (Å²) in [5, 5.41) is 1.34. The number of nitrogens with zero attached hydrogens (tertiary/aromatic N) is 1. The first-order chi connectivity index (χ1) is 10.3. The number of hydrogen-bond donors (Lipinski definition) is 1. The van der Waals surface area contributed by atoms with Crippen LogP contribution < -0.4 is 0 Å². The van der Waals surface area contributed by atoms with Crippen LogP contribution in [0.25, 0.3) is 10.9 Å². The normalized spacial score (nSPS) is 14.0. The zero-order chi connectivity index (χ0) is 14.2. The molecule has 3 heteroatoms. The summed E-state index contributed by atoms with van der Waals surface area (Å²) < 4.78 is 1.15. The number of rotatable bonds is 2. The second-order valence-corrected chi connectivity index (χ2v) is 6.23. The Morgan fingerprint density at radius 3 is 2.76 bits per heavy atom. The van der Waals surface area contributed by atoms with Gasteiger partial charge >= 0.3 is 0 Å². The molecule has 0 radical (unpaired) electrons. The van der Waals surface area contributed by atoms with E-state index in [4.69, 9.17) is 4.99 Å². The number of para-hydroxylation sites is 1. The molecule has 2 heterocycles. The molecule has 1 aliphatic heterocycles. The highest BCUT2D eigenvalue weighted by Gasteiger charge is 2.19. The van der Waals surface area contributed by atoms with E-state index in [2.05, 4.69) is 63.4 Å². The summed E-state index contributed by atoms with van der Waals surface area (Å²) in [6.07, 6.45) is 1.89. The first-order valence-electron chi connectivity index (χ1n) is 7.19. The Morgan fingerprint density at radius 2 is 1.86 bits per heavy atom. The standard InChI is InChI=1S/C18H15BrN2/c19-15-7-3-1-5-12(15)11-17-18-14(9-10-20-17)13-6-2-4-8-16(13)21-18/h1-8,21H,9-11H2. The molecule has 0 saturated carbocycles. The van der Waals surface area contributed by atoms with Gasteiger partial charge in [0.2, 0.25) is 0 Å². The molecule has 1 aromatic heterocycles. The Bertz CT molecular complexity index is 845. The van der Waals surface area contributed by atoms with E-state index in [1.807, 2.05) is 6.07 Å². The Labute approximate surface area is 132 Å². The Kier molecular flexibility index (Phi) is 3.15. The molecule has 4 rings (SSSR count). The van der Waals surface area contributed by atoms with E-state index >= 15 is 0 Å². The summed E-state index contributed by atoms with van der Waals surface area (Å²) in [6, 6.07) is 16.9. The number of benzene rings is 2. The maximum Gasteiger partial charge on any atom is 0.0642 e. The minimum Gasteiger partial charge on any atom is -0.353 e. The number of aliphatic imine (C=N–C) groups is 1. The molecular weight excluding hydrogens is 324 g/mol. The molecule has 0 amide bonds. The van der Waals surface area contributed by atoms with Gasteiger partial charge < -0.3 is 4.98 Å². The van der Waals surface area contributed by atoms with E-state index in [1.54, 1.807) is 0 Å². The van der Waals surface area contributed by atoms with Crippen LogP contribution in [0.15, 0.2) is 58.0 Å². The van der Waals surface area contributed by atoms with E-state index in [9.17, 15) is 0 Å². The Hall–Kier alpha value is -1.87. The molecule has 0 unspecified atom stereocenters. The summed E-state index contributed by atoms with van der Waals surface area (Å²) in [5.41, 5.74) is 6.30. The predicted molar refractivity (Wildman–Crippen MR) is 91.3 cm³/mol. The van der Waals surface area contributed by atoms with Crippen molar-refractivity contribution in [1.29, 1.82) is 0 Å². The quantitative estimate of drug-likeness (QED) is 0.711. The highest BCUT2D eigenvalue weighted by atomic mass is 79.9. The summed E-state index contributed by atoms with van der Waals surface area (Å²) in [4.78, 5) is 8.33. The Balaban J connectivity index is 1.79. The minimum atomic E-state index is 0.862. The molecule has 2 nitrogen and oxygen atoms in total. The van der Waals surface area contributed by atoms with Crippen molar-refractivity contribution in [2.45, 2.75) is 12.8 Å². The van der Waals surface area contributed by atoms with Gasteiger partial charge in [-0.3, -0.25) is 4.99 Å². The molecule has 1 N–H and O–H groups in total. The van der Waals surface area contributed by atoms with E-state index in [-0.39, 0.29) is 0 Å². The zero-order valence-electron chi connectivity index (χ0n) is 11.6. The maximum atomic E-state index is 4.77. The van der Waals surface area contributed by atoms with E-state index < -0.39 is 0 Å². The van der Waals surface area contributed by atoms with Crippen molar-refractivity contribution in [3.05, 3.63) is 69.8 Å². The topological polar surface area (TPSA) is 28.1 Å². The third kappa shape index (κ3) is 2.22. The van der Waals surface area contributed by atoms with Crippen LogP contribution in [-0.2, 0) is 12.8 Å². The average Bonchev–Trinajstić information content (AvgIpc) is 2.89. The van der Waals surface area contributed by atoms with Gasteiger partial charge in [-0.25, -0.2) is 0 Å². The molecule has 2 aromatic carbocycles. The molecule has 0 bridgehead atoms. The van der Waals surface area contributed by atoms with Gasteiger partial charge in [-0.15, -0.1) is 0 Å². The van der Waals surface area contributed by atoms with E-state index in [0.29, 0.717) is 0 Å². The summed E-state index contributed by atoms with van der Waals surface area (Å²) in [5.74, 6) is 0. The first kappa shape index (κ1) is 12.8. The number of nitrogens with one attached hydrogen (secondary N) is 1. The van der Waals surface area contributed by atoms with Crippen molar-refractivity contribution in [1.82, 2.24) is 4.98 Å². The van der Waals surface area contributed by atoms with E-state index in [1.165, 1.54) is 33.4 Å². The number of H-pyrrole nitrogens is 1. The van der Waals surface area contributed by atoms with Crippen molar-refractivity contribution in [2.24, 2.45) is 4.99 Å². The smallest absolute Gasteiger partial charge is 0.0642 e. The average molecular weight is 339 g/mol. The third-order valence-electron chi connectivity index (χ3n) is 4.08. The van der Waals surface area contributed by atoms with Gasteiger partial charge in [-0.1, -0.05) is 52.3 Å². The molecule has 104 valence electrons. The second kappa shape index (κ2) is 5.15. The third-order valence-corrected chi connectivity index (χ3v) is 4.86. The molecule has 0 aliphatic carbocycles. The molecule has 0 spiro atoms. The van der Waals surface area contributed by atoms with Crippen LogP contribution in [0.5, 0.6) is 0 Å². The molecule has 1 aliphatic rings. The molecule has 0 atom stereocenters.